The molecule has 0 saturated heterocycles. The Morgan fingerprint density at radius 3 is 2.46 bits per heavy atom. The third-order valence-corrected chi connectivity index (χ3v) is 9.33. The molecule has 0 spiro atoms. The van der Waals surface area contributed by atoms with Crippen LogP contribution in [0, 0.1) is 0 Å². The Bertz CT molecular complexity index is 1750. The van der Waals surface area contributed by atoms with E-state index in [4.69, 9.17) is 9.57 Å². The minimum Gasteiger partial charge on any atom is -0.388 e. The molecule has 1 aliphatic carbocycles. The zero-order valence-corrected chi connectivity index (χ0v) is 27.0. The zero-order chi connectivity index (χ0) is 32.4. The van der Waals surface area contributed by atoms with Gasteiger partial charge in [-0.3, -0.25) is 9.36 Å². The Morgan fingerprint density at radius 1 is 1.09 bits per heavy atom. The maximum atomic E-state index is 14.4. The van der Waals surface area contributed by atoms with Gasteiger partial charge in [-0.15, -0.1) is 0 Å². The molecule has 2 aromatic heterocycles. The van der Waals surface area contributed by atoms with Crippen LogP contribution in [0.25, 0.3) is 16.9 Å². The van der Waals surface area contributed by atoms with Crippen LogP contribution in [0.5, 0.6) is 0 Å². The van der Waals surface area contributed by atoms with Crippen molar-refractivity contribution in [1.29, 1.82) is 0 Å². The number of fused-ring (bicyclic) bond motifs is 1. The SMILES string of the molecule is CCCCc1c(Cc2ccc(-c3ccccc3C3=NOC(O)N3)cc2)c(=O)n([C@H]2CC[C@H](OC(C)C(C)(C)O)CC2)c2ncnn12. The van der Waals surface area contributed by atoms with Crippen molar-refractivity contribution < 1.29 is 19.8 Å². The first-order valence-electron chi connectivity index (χ1n) is 16.3. The molecule has 2 aromatic carbocycles. The maximum Gasteiger partial charge on any atom is 0.304 e. The first kappa shape index (κ1) is 31.9. The molecule has 6 rings (SSSR count). The molecule has 3 heterocycles. The second-order valence-corrected chi connectivity index (χ2v) is 13.0. The lowest BCUT2D eigenvalue weighted by Gasteiger charge is -2.35. The summed E-state index contributed by atoms with van der Waals surface area (Å²) in [6, 6.07) is 16.0. The molecule has 0 bridgehead atoms. The van der Waals surface area contributed by atoms with E-state index in [1.54, 1.807) is 20.2 Å². The van der Waals surface area contributed by atoms with Gasteiger partial charge in [-0.1, -0.05) is 67.0 Å². The van der Waals surface area contributed by atoms with Gasteiger partial charge in [0.1, 0.15) is 6.33 Å². The smallest absolute Gasteiger partial charge is 0.304 e. The summed E-state index contributed by atoms with van der Waals surface area (Å²) in [7, 11) is 0. The van der Waals surface area contributed by atoms with Crippen molar-refractivity contribution in [3.8, 4) is 11.1 Å². The average Bonchev–Trinajstić information content (AvgIpc) is 3.71. The molecule has 2 aliphatic rings. The van der Waals surface area contributed by atoms with Gasteiger partial charge >= 0.3 is 6.41 Å². The predicted molar refractivity (Wildman–Crippen MR) is 175 cm³/mol. The van der Waals surface area contributed by atoms with Crippen LogP contribution in [0.4, 0.5) is 0 Å². The Kier molecular flexibility index (Phi) is 9.26. The van der Waals surface area contributed by atoms with E-state index in [0.29, 0.717) is 18.0 Å². The van der Waals surface area contributed by atoms with Crippen molar-refractivity contribution in [2.45, 2.75) is 109 Å². The fourth-order valence-corrected chi connectivity index (χ4v) is 6.43. The number of aliphatic hydroxyl groups excluding tert-OH is 1. The highest BCUT2D eigenvalue weighted by Crippen LogP contribution is 2.33. The topological polar surface area (TPSA) is 136 Å². The number of oxime groups is 1. The van der Waals surface area contributed by atoms with E-state index in [9.17, 15) is 15.0 Å². The summed E-state index contributed by atoms with van der Waals surface area (Å²) in [5.74, 6) is 1.07. The number of rotatable bonds is 11. The molecule has 244 valence electrons. The van der Waals surface area contributed by atoms with Crippen LogP contribution in [-0.2, 0) is 22.4 Å². The van der Waals surface area contributed by atoms with Crippen molar-refractivity contribution in [3.63, 3.8) is 0 Å². The number of aliphatic hydroxyl groups is 2. The van der Waals surface area contributed by atoms with Gasteiger partial charge in [0.2, 0.25) is 5.78 Å². The van der Waals surface area contributed by atoms with Crippen molar-refractivity contribution in [2.75, 3.05) is 0 Å². The standard InChI is InChI=1S/C35H44N6O5/c1-5-6-11-30-29(20-23-12-14-24(15-13-23)27-9-7-8-10-28(27)31-38-34(43)46-39-31)32(42)40(33-36-21-37-41(30)33)25-16-18-26(19-17-25)45-22(2)35(3,4)44/h7-10,12-15,21-22,25-26,34,43-44H,5-6,11,16-20H2,1-4H3,(H,38,39)/t22?,25-,26-,34?. The first-order valence-corrected chi connectivity index (χ1v) is 16.3. The third kappa shape index (κ3) is 6.58. The minimum absolute atomic E-state index is 0.000805. The van der Waals surface area contributed by atoms with Crippen LogP contribution in [0.1, 0.15) is 94.6 Å². The van der Waals surface area contributed by atoms with Gasteiger partial charge in [0, 0.05) is 23.6 Å². The van der Waals surface area contributed by atoms with Crippen LogP contribution in [0.15, 0.2) is 64.8 Å². The number of benzene rings is 2. The molecular formula is C35H44N6O5. The molecule has 4 aromatic rings. The monoisotopic (exact) mass is 628 g/mol. The van der Waals surface area contributed by atoms with Crippen molar-refractivity contribution in [1.82, 2.24) is 24.5 Å². The fraction of sp³-hybridized carbons (Fsp3) is 0.486. The molecule has 1 fully saturated rings. The molecule has 2 unspecified atom stereocenters. The average molecular weight is 629 g/mol. The van der Waals surface area contributed by atoms with Gasteiger partial charge in [-0.05, 0) is 76.0 Å². The van der Waals surface area contributed by atoms with E-state index >= 15 is 0 Å². The summed E-state index contributed by atoms with van der Waals surface area (Å²) in [5, 5.41) is 31.5. The quantitative estimate of drug-likeness (QED) is 0.217. The summed E-state index contributed by atoms with van der Waals surface area (Å²) in [5.41, 5.74) is 4.54. The number of ether oxygens (including phenoxy) is 1. The molecule has 11 nitrogen and oxygen atoms in total. The van der Waals surface area contributed by atoms with Crippen LogP contribution in [0.3, 0.4) is 0 Å². The highest BCUT2D eigenvalue weighted by molar-refractivity contribution is 6.04. The van der Waals surface area contributed by atoms with Gasteiger partial charge in [-0.25, -0.2) is 4.52 Å². The minimum atomic E-state index is -1.16. The highest BCUT2D eigenvalue weighted by atomic mass is 16.7. The highest BCUT2D eigenvalue weighted by Gasteiger charge is 2.31. The molecule has 2 atom stereocenters. The van der Waals surface area contributed by atoms with Crippen LogP contribution in [-0.4, -0.2) is 59.4 Å². The lowest BCUT2D eigenvalue weighted by Crippen LogP contribution is -2.40. The van der Waals surface area contributed by atoms with Crippen LogP contribution >= 0.6 is 0 Å². The summed E-state index contributed by atoms with van der Waals surface area (Å²) >= 11 is 0. The Balaban J connectivity index is 1.29. The van der Waals surface area contributed by atoms with Crippen molar-refractivity contribution >= 4 is 11.6 Å². The van der Waals surface area contributed by atoms with E-state index in [1.807, 2.05) is 40.3 Å². The number of nitrogens with zero attached hydrogens (tertiary/aromatic N) is 5. The molecule has 3 N–H and O–H groups in total. The van der Waals surface area contributed by atoms with Crippen molar-refractivity contribution in [3.05, 3.63) is 87.6 Å². The van der Waals surface area contributed by atoms with E-state index < -0.39 is 12.0 Å². The molecule has 0 amide bonds. The summed E-state index contributed by atoms with van der Waals surface area (Å²) in [6.07, 6.45) is 6.50. The molecular weight excluding hydrogens is 584 g/mol. The third-order valence-electron chi connectivity index (χ3n) is 9.33. The Labute approximate surface area is 268 Å². The number of nitrogens with one attached hydrogen (secondary N) is 1. The number of aryl methyl sites for hydroxylation is 1. The molecule has 0 radical (unpaired) electrons. The first-order chi connectivity index (χ1) is 22.1. The summed E-state index contributed by atoms with van der Waals surface area (Å²) in [4.78, 5) is 23.9. The fourth-order valence-electron chi connectivity index (χ4n) is 6.43. The number of aromatic nitrogens is 4. The summed E-state index contributed by atoms with van der Waals surface area (Å²) < 4.78 is 9.94. The Morgan fingerprint density at radius 2 is 1.80 bits per heavy atom. The molecule has 11 heteroatoms. The largest absolute Gasteiger partial charge is 0.388 e. The van der Waals surface area contributed by atoms with Gasteiger partial charge in [-0.2, -0.15) is 10.1 Å². The van der Waals surface area contributed by atoms with Gasteiger partial charge in [0.25, 0.3) is 5.56 Å². The van der Waals surface area contributed by atoms with Gasteiger partial charge < -0.3 is 25.1 Å². The van der Waals surface area contributed by atoms with E-state index in [1.165, 1.54) is 0 Å². The summed E-state index contributed by atoms with van der Waals surface area (Å²) in [6.45, 7) is 7.59. The van der Waals surface area contributed by atoms with E-state index in [2.05, 4.69) is 51.7 Å². The molecule has 46 heavy (non-hydrogen) atoms. The van der Waals surface area contributed by atoms with Crippen LogP contribution < -0.4 is 10.9 Å². The predicted octanol–water partition coefficient (Wildman–Crippen LogP) is 4.71. The van der Waals surface area contributed by atoms with Crippen LogP contribution in [0.2, 0.25) is 0 Å². The molecule has 1 aliphatic heterocycles. The number of hydrogen-bond acceptors (Lipinski definition) is 9. The van der Waals surface area contributed by atoms with Gasteiger partial charge in [0.05, 0.1) is 23.5 Å². The second kappa shape index (κ2) is 13.4. The number of unbranched alkanes of at least 4 members (excludes halogenated alkanes) is 1. The Hall–Kier alpha value is -4.06. The normalized spacial score (nSPS) is 20.7. The molecule has 1 saturated carbocycles. The lowest BCUT2D eigenvalue weighted by atomic mass is 9.91. The second-order valence-electron chi connectivity index (χ2n) is 13.0. The van der Waals surface area contributed by atoms with E-state index in [0.717, 1.165) is 78.5 Å². The maximum absolute atomic E-state index is 14.4. The van der Waals surface area contributed by atoms with E-state index in [-0.39, 0.29) is 23.8 Å². The lowest BCUT2D eigenvalue weighted by molar-refractivity contribution is -0.118. The zero-order valence-electron chi connectivity index (χ0n) is 27.0. The van der Waals surface area contributed by atoms with Crippen molar-refractivity contribution in [2.24, 2.45) is 5.16 Å². The number of amidine groups is 1. The van der Waals surface area contributed by atoms with Gasteiger partial charge in [0.15, 0.2) is 5.84 Å². The number of hydrogen-bond donors (Lipinski definition) is 3.